The molecule has 0 aliphatic carbocycles. The van der Waals surface area contributed by atoms with Gasteiger partial charge >= 0.3 is 5.97 Å². The van der Waals surface area contributed by atoms with Crippen molar-refractivity contribution in [2.24, 2.45) is 0 Å². The van der Waals surface area contributed by atoms with Gasteiger partial charge in [0.15, 0.2) is 0 Å². The minimum atomic E-state index is -0.481. The van der Waals surface area contributed by atoms with Crippen LogP contribution >= 0.6 is 0 Å². The van der Waals surface area contributed by atoms with Crippen LogP contribution in [0, 0.1) is 0 Å². The average molecular weight is 798 g/mol. The van der Waals surface area contributed by atoms with E-state index in [2.05, 4.69) is 0 Å². The summed E-state index contributed by atoms with van der Waals surface area (Å²) in [5, 5.41) is 0. The second-order valence-corrected chi connectivity index (χ2v) is 12.5. The number of rotatable bonds is 42. The maximum atomic E-state index is 11.6. The molecule has 1 heterocycles. The first kappa shape index (κ1) is 50.8. The molecule has 322 valence electrons. The maximum Gasteiger partial charge on any atom is 0.308 e. The van der Waals surface area contributed by atoms with E-state index in [1.165, 1.54) is 12.2 Å². The van der Waals surface area contributed by atoms with Gasteiger partial charge in [0.1, 0.15) is 5.60 Å². The van der Waals surface area contributed by atoms with Crippen LogP contribution in [0.2, 0.25) is 0 Å². The van der Waals surface area contributed by atoms with Gasteiger partial charge < -0.3 is 66.3 Å². The monoisotopic (exact) mass is 797 g/mol. The lowest BCUT2D eigenvalue weighted by Gasteiger charge is -2.19. The quantitative estimate of drug-likeness (QED) is 0.0481. The first-order valence-electron chi connectivity index (χ1n) is 19.1. The molecule has 0 saturated heterocycles. The molecule has 18 nitrogen and oxygen atoms in total. The van der Waals surface area contributed by atoms with E-state index in [4.69, 9.17) is 66.3 Å². The molecule has 1 rings (SSSR count). The van der Waals surface area contributed by atoms with Crippen LogP contribution in [0.5, 0.6) is 0 Å². The Labute approximate surface area is 326 Å². The van der Waals surface area contributed by atoms with Gasteiger partial charge in [-0.15, -0.1) is 0 Å². The third-order valence-electron chi connectivity index (χ3n) is 6.69. The Kier molecular flexibility index (Phi) is 34.6. The molecular formula is C37H67NO17. The van der Waals surface area contributed by atoms with Crippen molar-refractivity contribution in [2.45, 2.75) is 32.8 Å². The summed E-state index contributed by atoms with van der Waals surface area (Å²) in [6.07, 6.45) is 2.73. The van der Waals surface area contributed by atoms with E-state index in [0.717, 1.165) is 4.90 Å². The molecule has 2 amide bonds. The van der Waals surface area contributed by atoms with E-state index in [0.29, 0.717) is 165 Å². The Morgan fingerprint density at radius 2 is 0.618 bits per heavy atom. The smallest absolute Gasteiger partial charge is 0.308 e. The first-order chi connectivity index (χ1) is 26.8. The van der Waals surface area contributed by atoms with Gasteiger partial charge in [0.25, 0.3) is 11.8 Å². The largest absolute Gasteiger partial charge is 0.460 e. The zero-order chi connectivity index (χ0) is 39.9. The van der Waals surface area contributed by atoms with Crippen LogP contribution in [-0.2, 0) is 80.7 Å². The number of nitrogens with zero attached hydrogens (tertiary/aromatic N) is 1. The van der Waals surface area contributed by atoms with Crippen molar-refractivity contribution < 1.29 is 80.7 Å². The Bertz CT molecular complexity index is 931. The predicted octanol–water partition coefficient (Wildman–Crippen LogP) is 0.859. The minimum absolute atomic E-state index is 0.225. The molecule has 1 aliphatic heterocycles. The molecule has 0 aromatic rings. The summed E-state index contributed by atoms with van der Waals surface area (Å²) in [6, 6.07) is 0. The highest BCUT2D eigenvalue weighted by Gasteiger charge is 2.22. The lowest BCUT2D eigenvalue weighted by Crippen LogP contribution is -2.33. The SMILES string of the molecule is CC(C)(C)OC(=O)CCOCCOCCOCCOCCOCCOCCOCCOCCOCCOCCOCCOCCOCCN1C(=O)C=CC1=O. The summed E-state index contributed by atoms with van der Waals surface area (Å²) in [6.45, 7) is 17.4. The van der Waals surface area contributed by atoms with Crippen LogP contribution in [-0.4, -0.2) is 207 Å². The predicted molar refractivity (Wildman–Crippen MR) is 197 cm³/mol. The highest BCUT2D eigenvalue weighted by molar-refractivity contribution is 6.12. The van der Waals surface area contributed by atoms with Crippen LogP contribution in [0.25, 0.3) is 0 Å². The highest BCUT2D eigenvalue weighted by atomic mass is 16.6. The van der Waals surface area contributed by atoms with Crippen LogP contribution in [0.15, 0.2) is 12.2 Å². The Balaban J connectivity index is 1.62. The molecule has 18 heteroatoms. The van der Waals surface area contributed by atoms with Crippen molar-refractivity contribution in [3.05, 3.63) is 12.2 Å². The molecule has 0 bridgehead atoms. The number of amides is 2. The summed E-state index contributed by atoms with van der Waals surface area (Å²) < 4.78 is 76.0. The standard InChI is InChI=1S/C37H67NO17/c1-37(2,3)55-36(41)6-8-42-10-12-44-14-16-46-18-20-48-22-24-50-26-28-52-30-32-54-33-31-53-29-27-51-25-23-49-21-19-47-17-15-45-13-11-43-9-7-38-34(39)4-5-35(38)40/h4-5H,6-33H2,1-3H3. The zero-order valence-corrected chi connectivity index (χ0v) is 33.3. The number of hydrogen-bond acceptors (Lipinski definition) is 17. The fraction of sp³-hybridized carbons (Fsp3) is 0.865. The first-order valence-corrected chi connectivity index (χ1v) is 19.1. The fourth-order valence-corrected chi connectivity index (χ4v) is 4.10. The Hall–Kier alpha value is -2.17. The summed E-state index contributed by atoms with van der Waals surface area (Å²) in [7, 11) is 0. The van der Waals surface area contributed by atoms with Crippen LogP contribution in [0.1, 0.15) is 27.2 Å². The maximum absolute atomic E-state index is 11.6. The third-order valence-corrected chi connectivity index (χ3v) is 6.69. The van der Waals surface area contributed by atoms with E-state index in [9.17, 15) is 14.4 Å². The summed E-state index contributed by atoms with van der Waals surface area (Å²) in [4.78, 5) is 35.5. The van der Waals surface area contributed by atoms with E-state index in [1.54, 1.807) is 0 Å². The lowest BCUT2D eigenvalue weighted by molar-refractivity contribution is -0.156. The number of carbonyl (C=O) groups excluding carboxylic acids is 3. The summed E-state index contributed by atoms with van der Waals surface area (Å²) in [5.74, 6) is -0.892. The van der Waals surface area contributed by atoms with Crippen molar-refractivity contribution >= 4 is 17.8 Å². The van der Waals surface area contributed by atoms with Crippen molar-refractivity contribution in [3.8, 4) is 0 Å². The van der Waals surface area contributed by atoms with Gasteiger partial charge in [0.2, 0.25) is 0 Å². The molecule has 1 aliphatic rings. The average Bonchev–Trinajstić information content (AvgIpc) is 3.47. The van der Waals surface area contributed by atoms with E-state index in [-0.39, 0.29) is 37.4 Å². The van der Waals surface area contributed by atoms with Crippen molar-refractivity contribution in [1.29, 1.82) is 0 Å². The molecule has 0 aromatic carbocycles. The normalized spacial score (nSPS) is 13.1. The minimum Gasteiger partial charge on any atom is -0.460 e. The molecule has 0 radical (unpaired) electrons. The van der Waals surface area contributed by atoms with Crippen LogP contribution in [0.3, 0.4) is 0 Å². The molecule has 0 spiro atoms. The number of imide groups is 1. The van der Waals surface area contributed by atoms with Gasteiger partial charge in [0.05, 0.1) is 185 Å². The van der Waals surface area contributed by atoms with Gasteiger partial charge in [0, 0.05) is 12.2 Å². The van der Waals surface area contributed by atoms with Gasteiger partial charge in [-0.25, -0.2) is 0 Å². The zero-order valence-electron chi connectivity index (χ0n) is 33.3. The number of carbonyl (C=O) groups is 3. The van der Waals surface area contributed by atoms with Gasteiger partial charge in [-0.2, -0.15) is 0 Å². The Morgan fingerprint density at radius 3 is 0.855 bits per heavy atom. The van der Waals surface area contributed by atoms with E-state index >= 15 is 0 Å². The molecule has 0 atom stereocenters. The number of hydrogen-bond donors (Lipinski definition) is 0. The van der Waals surface area contributed by atoms with Crippen molar-refractivity contribution in [1.82, 2.24) is 4.90 Å². The van der Waals surface area contributed by atoms with Gasteiger partial charge in [-0.3, -0.25) is 19.3 Å². The van der Waals surface area contributed by atoms with Gasteiger partial charge in [-0.05, 0) is 20.8 Å². The third kappa shape index (κ3) is 36.0. The second-order valence-electron chi connectivity index (χ2n) is 12.5. The molecule has 0 saturated carbocycles. The summed E-state index contributed by atoms with van der Waals surface area (Å²) >= 11 is 0. The Morgan fingerprint density at radius 1 is 0.400 bits per heavy atom. The molecular weight excluding hydrogens is 730 g/mol. The second kappa shape index (κ2) is 37.4. The van der Waals surface area contributed by atoms with E-state index in [1.807, 2.05) is 20.8 Å². The number of esters is 1. The number of ether oxygens (including phenoxy) is 14. The van der Waals surface area contributed by atoms with Crippen molar-refractivity contribution in [3.63, 3.8) is 0 Å². The highest BCUT2D eigenvalue weighted by Crippen LogP contribution is 2.08. The van der Waals surface area contributed by atoms with E-state index < -0.39 is 5.60 Å². The molecule has 0 unspecified atom stereocenters. The molecule has 0 N–H and O–H groups in total. The summed E-state index contributed by atoms with van der Waals surface area (Å²) in [5.41, 5.74) is -0.481. The lowest BCUT2D eigenvalue weighted by atomic mass is 10.2. The van der Waals surface area contributed by atoms with Crippen LogP contribution < -0.4 is 0 Å². The molecule has 0 fully saturated rings. The van der Waals surface area contributed by atoms with Crippen LogP contribution in [0.4, 0.5) is 0 Å². The van der Waals surface area contributed by atoms with Crippen molar-refractivity contribution in [2.75, 3.05) is 178 Å². The fourth-order valence-electron chi connectivity index (χ4n) is 4.10. The van der Waals surface area contributed by atoms with Gasteiger partial charge in [-0.1, -0.05) is 0 Å². The molecule has 55 heavy (non-hydrogen) atoms. The topological polar surface area (TPSA) is 184 Å². The molecule has 0 aromatic heterocycles.